The Hall–Kier alpha value is -4.07. The van der Waals surface area contributed by atoms with E-state index in [1.54, 1.807) is 12.1 Å². The van der Waals surface area contributed by atoms with Crippen LogP contribution in [0.2, 0.25) is 0 Å². The second-order valence-corrected chi connectivity index (χ2v) is 6.86. The lowest BCUT2D eigenvalue weighted by molar-refractivity contribution is -0.384. The molecule has 3 aromatic carbocycles. The maximum atomic E-state index is 13.3. The molecule has 0 spiro atoms. The average molecular weight is 421 g/mol. The van der Waals surface area contributed by atoms with Crippen LogP contribution in [0.1, 0.15) is 26.3 Å². The van der Waals surface area contributed by atoms with Crippen LogP contribution < -0.4 is 10.2 Å². The lowest BCUT2D eigenvalue weighted by Gasteiger charge is -2.23. The Kier molecular flexibility index (Phi) is 6.71. The molecule has 0 heterocycles. The number of nitrogens with one attached hydrogen (secondary N) is 1. The second kappa shape index (κ2) is 9.62. The molecule has 0 saturated carbocycles. The van der Waals surface area contributed by atoms with Gasteiger partial charge in [-0.2, -0.15) is 0 Å². The van der Waals surface area contributed by atoms with Gasteiger partial charge in [0.05, 0.1) is 4.92 Å². The van der Waals surface area contributed by atoms with Crippen LogP contribution in [0.15, 0.2) is 72.8 Å². The number of carbonyl (C=O) groups is 2. The molecule has 3 aromatic rings. The van der Waals surface area contributed by atoms with E-state index in [1.165, 1.54) is 53.4 Å². The van der Waals surface area contributed by atoms with Crippen LogP contribution in [0.4, 0.5) is 15.8 Å². The van der Waals surface area contributed by atoms with Gasteiger partial charge in [0.25, 0.3) is 17.5 Å². The zero-order valence-corrected chi connectivity index (χ0v) is 16.7. The lowest BCUT2D eigenvalue weighted by Crippen LogP contribution is -2.38. The molecule has 2 amide bonds. The molecule has 0 atom stereocenters. The molecule has 158 valence electrons. The van der Waals surface area contributed by atoms with Crippen molar-refractivity contribution in [2.24, 2.45) is 0 Å². The van der Waals surface area contributed by atoms with Crippen molar-refractivity contribution in [1.82, 2.24) is 5.32 Å². The second-order valence-electron chi connectivity index (χ2n) is 6.86. The van der Waals surface area contributed by atoms with Crippen LogP contribution >= 0.6 is 0 Å². The van der Waals surface area contributed by atoms with Crippen molar-refractivity contribution in [3.05, 3.63) is 105 Å². The Morgan fingerprint density at radius 2 is 1.52 bits per heavy atom. The van der Waals surface area contributed by atoms with Gasteiger partial charge in [0.1, 0.15) is 5.82 Å². The summed E-state index contributed by atoms with van der Waals surface area (Å²) in [4.78, 5) is 37.0. The van der Waals surface area contributed by atoms with Crippen molar-refractivity contribution in [1.29, 1.82) is 0 Å². The SMILES string of the molecule is Cc1ccc(C(=O)N(CCNC(=O)c2ccc([N+](=O)[O-])cc2)c2ccc(F)cc2)cc1. The van der Waals surface area contributed by atoms with Gasteiger partial charge in [-0.15, -0.1) is 0 Å². The van der Waals surface area contributed by atoms with Gasteiger partial charge in [-0.3, -0.25) is 19.7 Å². The number of amides is 2. The van der Waals surface area contributed by atoms with E-state index in [4.69, 9.17) is 0 Å². The quantitative estimate of drug-likeness (QED) is 0.459. The largest absolute Gasteiger partial charge is 0.350 e. The number of non-ortho nitro benzene ring substituents is 1. The van der Waals surface area contributed by atoms with Crippen LogP contribution in [0.25, 0.3) is 0 Å². The third-order valence-electron chi connectivity index (χ3n) is 4.64. The van der Waals surface area contributed by atoms with Gasteiger partial charge in [-0.05, 0) is 55.5 Å². The van der Waals surface area contributed by atoms with Gasteiger partial charge in [-0.1, -0.05) is 17.7 Å². The molecule has 3 rings (SSSR count). The summed E-state index contributed by atoms with van der Waals surface area (Å²) in [6, 6.07) is 17.8. The summed E-state index contributed by atoms with van der Waals surface area (Å²) in [7, 11) is 0. The minimum absolute atomic E-state index is 0.109. The fourth-order valence-corrected chi connectivity index (χ4v) is 2.94. The molecule has 31 heavy (non-hydrogen) atoms. The molecule has 0 aliphatic carbocycles. The Morgan fingerprint density at radius 1 is 0.935 bits per heavy atom. The van der Waals surface area contributed by atoms with Crippen molar-refractivity contribution in [2.75, 3.05) is 18.0 Å². The van der Waals surface area contributed by atoms with Gasteiger partial charge < -0.3 is 10.2 Å². The highest BCUT2D eigenvalue weighted by atomic mass is 19.1. The van der Waals surface area contributed by atoms with Gasteiger partial charge in [0, 0.05) is 42.0 Å². The van der Waals surface area contributed by atoms with Crippen molar-refractivity contribution >= 4 is 23.2 Å². The number of nitro groups is 1. The van der Waals surface area contributed by atoms with Crippen molar-refractivity contribution in [3.8, 4) is 0 Å². The summed E-state index contributed by atoms with van der Waals surface area (Å²) >= 11 is 0. The van der Waals surface area contributed by atoms with Crippen molar-refractivity contribution < 1.29 is 18.9 Å². The molecule has 8 heteroatoms. The molecule has 0 fully saturated rings. The predicted molar refractivity (Wildman–Crippen MR) is 115 cm³/mol. The zero-order chi connectivity index (χ0) is 22.4. The van der Waals surface area contributed by atoms with Crippen LogP contribution in [0, 0.1) is 22.9 Å². The highest BCUT2D eigenvalue weighted by Crippen LogP contribution is 2.18. The van der Waals surface area contributed by atoms with Crippen molar-refractivity contribution in [3.63, 3.8) is 0 Å². The topological polar surface area (TPSA) is 92.6 Å². The van der Waals surface area contributed by atoms with Gasteiger partial charge in [-0.25, -0.2) is 4.39 Å². The minimum atomic E-state index is -0.543. The van der Waals surface area contributed by atoms with E-state index in [9.17, 15) is 24.1 Å². The van der Waals surface area contributed by atoms with E-state index in [2.05, 4.69) is 5.32 Å². The number of nitro benzene ring substituents is 1. The number of anilines is 1. The number of benzene rings is 3. The first-order valence-corrected chi connectivity index (χ1v) is 9.52. The van der Waals surface area contributed by atoms with E-state index in [0.29, 0.717) is 11.3 Å². The smallest absolute Gasteiger partial charge is 0.269 e. The summed E-state index contributed by atoms with van der Waals surface area (Å²) in [6.07, 6.45) is 0. The summed E-state index contributed by atoms with van der Waals surface area (Å²) in [5, 5.41) is 13.4. The normalized spacial score (nSPS) is 10.4. The molecule has 0 aliphatic rings. The van der Waals surface area contributed by atoms with Gasteiger partial charge in [0.2, 0.25) is 0 Å². The first-order chi connectivity index (χ1) is 14.8. The number of rotatable bonds is 7. The molecule has 0 saturated heterocycles. The molecule has 0 bridgehead atoms. The Labute approximate surface area is 178 Å². The first-order valence-electron chi connectivity index (χ1n) is 9.52. The molecule has 7 nitrogen and oxygen atoms in total. The van der Waals surface area contributed by atoms with Gasteiger partial charge in [0.15, 0.2) is 0 Å². The molecule has 1 N–H and O–H groups in total. The molecule has 0 unspecified atom stereocenters. The van der Waals surface area contributed by atoms with E-state index in [0.717, 1.165) is 5.56 Å². The fourth-order valence-electron chi connectivity index (χ4n) is 2.94. The molecular weight excluding hydrogens is 401 g/mol. The monoisotopic (exact) mass is 421 g/mol. The van der Waals surface area contributed by atoms with E-state index < -0.39 is 16.6 Å². The minimum Gasteiger partial charge on any atom is -0.350 e. The Morgan fingerprint density at radius 3 is 2.10 bits per heavy atom. The van der Waals surface area contributed by atoms with E-state index >= 15 is 0 Å². The molecular formula is C23H20FN3O4. The lowest BCUT2D eigenvalue weighted by atomic mass is 10.1. The Balaban J connectivity index is 1.71. The number of aryl methyl sites for hydroxylation is 1. The van der Waals surface area contributed by atoms with Crippen LogP contribution in [-0.2, 0) is 0 Å². The van der Waals surface area contributed by atoms with Crippen LogP contribution in [0.3, 0.4) is 0 Å². The first kappa shape index (κ1) is 21.6. The number of halogens is 1. The highest BCUT2D eigenvalue weighted by molar-refractivity contribution is 6.06. The highest BCUT2D eigenvalue weighted by Gasteiger charge is 2.18. The zero-order valence-electron chi connectivity index (χ0n) is 16.7. The average Bonchev–Trinajstić information content (AvgIpc) is 2.77. The third-order valence-corrected chi connectivity index (χ3v) is 4.64. The summed E-state index contributed by atoms with van der Waals surface area (Å²) in [6.45, 7) is 2.20. The third kappa shape index (κ3) is 5.51. The standard InChI is InChI=1S/C23H20FN3O4/c1-16-2-4-18(5-3-16)23(29)26(20-12-8-19(24)9-13-20)15-14-25-22(28)17-6-10-21(11-7-17)27(30)31/h2-13H,14-15H2,1H3,(H,25,28). The molecule has 0 radical (unpaired) electrons. The Bertz CT molecular complexity index is 1080. The maximum Gasteiger partial charge on any atom is 0.269 e. The van der Waals surface area contributed by atoms with E-state index in [-0.39, 0.29) is 30.2 Å². The van der Waals surface area contributed by atoms with E-state index in [1.807, 2.05) is 19.1 Å². The van der Waals surface area contributed by atoms with Crippen LogP contribution in [-0.4, -0.2) is 29.8 Å². The predicted octanol–water partition coefficient (Wildman–Crippen LogP) is 4.12. The summed E-state index contributed by atoms with van der Waals surface area (Å²) in [5.74, 6) is -1.12. The van der Waals surface area contributed by atoms with Crippen LogP contribution in [0.5, 0.6) is 0 Å². The fraction of sp³-hybridized carbons (Fsp3) is 0.130. The number of carbonyl (C=O) groups excluding carboxylic acids is 2. The molecule has 0 aromatic heterocycles. The van der Waals surface area contributed by atoms with Gasteiger partial charge >= 0.3 is 0 Å². The molecule has 0 aliphatic heterocycles. The van der Waals surface area contributed by atoms with Crippen molar-refractivity contribution in [2.45, 2.75) is 6.92 Å². The number of hydrogen-bond donors (Lipinski definition) is 1. The summed E-state index contributed by atoms with van der Waals surface area (Å²) in [5.41, 5.74) is 2.14. The summed E-state index contributed by atoms with van der Waals surface area (Å²) < 4.78 is 13.3. The number of hydrogen-bond acceptors (Lipinski definition) is 4. The number of nitrogens with zero attached hydrogens (tertiary/aromatic N) is 2. The maximum absolute atomic E-state index is 13.3.